The first-order valence-electron chi connectivity index (χ1n) is 7.79. The highest BCUT2D eigenvalue weighted by atomic mass is 79.9. The quantitative estimate of drug-likeness (QED) is 0.535. The first kappa shape index (κ1) is 19.1. The largest absolute Gasteiger partial charge is 0.468 e. The lowest BCUT2D eigenvalue weighted by atomic mass is 10.0. The molecule has 25 heavy (non-hydrogen) atoms. The molecule has 1 atom stereocenters. The van der Waals surface area contributed by atoms with E-state index in [1.165, 1.54) is 12.2 Å². The van der Waals surface area contributed by atoms with Crippen LogP contribution in [0.3, 0.4) is 0 Å². The van der Waals surface area contributed by atoms with E-state index in [4.69, 9.17) is 9.57 Å². The molecule has 0 N–H and O–H groups in total. The summed E-state index contributed by atoms with van der Waals surface area (Å²) in [6, 6.07) is 14.1. The van der Waals surface area contributed by atoms with Gasteiger partial charge < -0.3 is 9.57 Å². The highest BCUT2D eigenvalue weighted by Crippen LogP contribution is 2.26. The predicted octanol–water partition coefficient (Wildman–Crippen LogP) is 4.07. The Hall–Kier alpha value is -2.18. The Labute approximate surface area is 155 Å². The molecule has 0 fully saturated rings. The van der Waals surface area contributed by atoms with Gasteiger partial charge in [0.1, 0.15) is 6.54 Å². The van der Waals surface area contributed by atoms with Crippen molar-refractivity contribution in [2.75, 3.05) is 13.7 Å². The van der Waals surface area contributed by atoms with Crippen LogP contribution < -0.4 is 0 Å². The Bertz CT molecular complexity index is 748. The van der Waals surface area contributed by atoms with Gasteiger partial charge in [-0.3, -0.25) is 4.79 Å². The van der Waals surface area contributed by atoms with Crippen molar-refractivity contribution in [1.82, 2.24) is 5.06 Å². The van der Waals surface area contributed by atoms with Crippen molar-refractivity contribution in [3.05, 3.63) is 69.7 Å². The van der Waals surface area contributed by atoms with Crippen molar-refractivity contribution < 1.29 is 19.2 Å². The van der Waals surface area contributed by atoms with Gasteiger partial charge in [-0.15, -0.1) is 5.06 Å². The van der Waals surface area contributed by atoms with Crippen LogP contribution in [0.4, 0.5) is 0 Å². The van der Waals surface area contributed by atoms with Crippen LogP contribution in [0.1, 0.15) is 34.5 Å². The Morgan fingerprint density at radius 3 is 2.44 bits per heavy atom. The van der Waals surface area contributed by atoms with E-state index in [0.717, 1.165) is 15.6 Å². The van der Waals surface area contributed by atoms with Crippen LogP contribution in [0.15, 0.2) is 53.0 Å². The minimum absolute atomic E-state index is 0.161. The SMILES string of the molecule is COC(=O)CN(OC(=O)c1ccccc1)[C@H](C)c1ccc(Br)cc1C. The number of benzene rings is 2. The maximum absolute atomic E-state index is 12.4. The molecule has 0 saturated carbocycles. The van der Waals surface area contributed by atoms with Crippen LogP contribution in [0.5, 0.6) is 0 Å². The van der Waals surface area contributed by atoms with E-state index >= 15 is 0 Å². The number of carbonyl (C=O) groups excluding carboxylic acids is 2. The van der Waals surface area contributed by atoms with E-state index in [0.29, 0.717) is 5.56 Å². The summed E-state index contributed by atoms with van der Waals surface area (Å²) in [4.78, 5) is 29.6. The van der Waals surface area contributed by atoms with Gasteiger partial charge in [-0.2, -0.15) is 0 Å². The summed E-state index contributed by atoms with van der Waals surface area (Å²) in [5.74, 6) is -1.01. The van der Waals surface area contributed by atoms with Crippen molar-refractivity contribution in [1.29, 1.82) is 0 Å². The Morgan fingerprint density at radius 1 is 1.16 bits per heavy atom. The molecule has 0 radical (unpaired) electrons. The van der Waals surface area contributed by atoms with E-state index in [1.807, 2.05) is 38.1 Å². The van der Waals surface area contributed by atoms with Gasteiger partial charge in [0, 0.05) is 4.47 Å². The molecule has 132 valence electrons. The highest BCUT2D eigenvalue weighted by molar-refractivity contribution is 9.10. The van der Waals surface area contributed by atoms with Crippen molar-refractivity contribution in [2.45, 2.75) is 19.9 Å². The molecule has 2 rings (SSSR count). The third-order valence-corrected chi connectivity index (χ3v) is 4.33. The predicted molar refractivity (Wildman–Crippen MR) is 97.9 cm³/mol. The Morgan fingerprint density at radius 2 is 1.84 bits per heavy atom. The number of ether oxygens (including phenoxy) is 1. The minimum Gasteiger partial charge on any atom is -0.468 e. The first-order valence-corrected chi connectivity index (χ1v) is 8.58. The second-order valence-corrected chi connectivity index (χ2v) is 6.49. The first-order chi connectivity index (χ1) is 11.9. The second kappa shape index (κ2) is 8.78. The number of hydroxylamine groups is 2. The molecule has 2 aromatic carbocycles. The van der Waals surface area contributed by atoms with Gasteiger partial charge in [-0.25, -0.2) is 4.79 Å². The van der Waals surface area contributed by atoms with E-state index in [2.05, 4.69) is 15.9 Å². The maximum atomic E-state index is 12.4. The smallest absolute Gasteiger partial charge is 0.357 e. The number of halogens is 1. The van der Waals surface area contributed by atoms with E-state index < -0.39 is 11.9 Å². The second-order valence-electron chi connectivity index (χ2n) is 5.57. The molecule has 0 bridgehead atoms. The van der Waals surface area contributed by atoms with Crippen LogP contribution in [-0.2, 0) is 14.4 Å². The van der Waals surface area contributed by atoms with Crippen molar-refractivity contribution in [3.63, 3.8) is 0 Å². The van der Waals surface area contributed by atoms with Gasteiger partial charge in [0.05, 0.1) is 18.7 Å². The molecule has 6 heteroatoms. The Balaban J connectivity index is 2.25. The fourth-order valence-corrected chi connectivity index (χ4v) is 2.91. The molecule has 0 aromatic heterocycles. The lowest BCUT2D eigenvalue weighted by Gasteiger charge is -2.27. The number of methoxy groups -OCH3 is 1. The maximum Gasteiger partial charge on any atom is 0.357 e. The fraction of sp³-hybridized carbons (Fsp3) is 0.263. The van der Waals surface area contributed by atoms with E-state index in [-0.39, 0.29) is 12.6 Å². The lowest BCUT2D eigenvalue weighted by Crippen LogP contribution is -2.35. The molecular formula is C19H20BrNO4. The summed E-state index contributed by atoms with van der Waals surface area (Å²) < 4.78 is 5.68. The molecule has 0 unspecified atom stereocenters. The van der Waals surface area contributed by atoms with Crippen LogP contribution >= 0.6 is 15.9 Å². The molecule has 0 aliphatic rings. The molecule has 5 nitrogen and oxygen atoms in total. The number of hydrogen-bond donors (Lipinski definition) is 0. The zero-order valence-corrected chi connectivity index (χ0v) is 15.9. The monoisotopic (exact) mass is 405 g/mol. The van der Waals surface area contributed by atoms with Crippen LogP contribution in [0.25, 0.3) is 0 Å². The molecule has 2 aromatic rings. The molecule has 0 aliphatic carbocycles. The number of nitrogens with zero attached hydrogens (tertiary/aromatic N) is 1. The molecule has 0 aliphatic heterocycles. The zero-order valence-electron chi connectivity index (χ0n) is 14.4. The summed E-state index contributed by atoms with van der Waals surface area (Å²) in [6.45, 7) is 3.68. The van der Waals surface area contributed by atoms with Gasteiger partial charge in [0.15, 0.2) is 0 Å². The number of hydrogen-bond acceptors (Lipinski definition) is 5. The summed E-state index contributed by atoms with van der Waals surface area (Å²) in [7, 11) is 1.30. The standard InChI is InChI=1S/C19H20BrNO4/c1-13-11-16(20)9-10-17(13)14(2)21(12-18(22)24-3)25-19(23)15-7-5-4-6-8-15/h4-11,14H,12H2,1-3H3/t14-/m1/s1. The van der Waals surface area contributed by atoms with Crippen LogP contribution in [-0.4, -0.2) is 30.7 Å². The van der Waals surface area contributed by atoms with Crippen molar-refractivity contribution in [2.24, 2.45) is 0 Å². The van der Waals surface area contributed by atoms with Gasteiger partial charge in [0.2, 0.25) is 0 Å². The van der Waals surface area contributed by atoms with E-state index in [1.54, 1.807) is 24.3 Å². The summed E-state index contributed by atoms with van der Waals surface area (Å²) in [5.41, 5.74) is 2.39. The Kier molecular flexibility index (Phi) is 6.73. The zero-order chi connectivity index (χ0) is 18.4. The normalized spacial score (nSPS) is 11.9. The molecule has 0 saturated heterocycles. The number of rotatable bonds is 6. The van der Waals surface area contributed by atoms with Crippen LogP contribution in [0.2, 0.25) is 0 Å². The topological polar surface area (TPSA) is 55.8 Å². The van der Waals surface area contributed by atoms with Gasteiger partial charge in [-0.05, 0) is 49.2 Å². The van der Waals surface area contributed by atoms with Crippen LogP contribution in [0, 0.1) is 6.92 Å². The fourth-order valence-electron chi connectivity index (χ4n) is 2.44. The molecule has 0 amide bonds. The summed E-state index contributed by atoms with van der Waals surface area (Å²) >= 11 is 3.43. The highest BCUT2D eigenvalue weighted by Gasteiger charge is 2.25. The van der Waals surface area contributed by atoms with Gasteiger partial charge in [0.25, 0.3) is 0 Å². The van der Waals surface area contributed by atoms with E-state index in [9.17, 15) is 9.59 Å². The lowest BCUT2D eigenvalue weighted by molar-refractivity contribution is -0.167. The average molecular weight is 406 g/mol. The average Bonchev–Trinajstić information content (AvgIpc) is 2.61. The van der Waals surface area contributed by atoms with Crippen molar-refractivity contribution in [3.8, 4) is 0 Å². The van der Waals surface area contributed by atoms with Gasteiger partial charge >= 0.3 is 11.9 Å². The third-order valence-electron chi connectivity index (χ3n) is 3.84. The minimum atomic E-state index is -0.522. The summed E-state index contributed by atoms with van der Waals surface area (Å²) in [5, 5.41) is 1.34. The molecule has 0 spiro atoms. The number of esters is 1. The molecule has 0 heterocycles. The van der Waals surface area contributed by atoms with Gasteiger partial charge in [-0.1, -0.05) is 40.2 Å². The third kappa shape index (κ3) is 5.14. The number of carbonyl (C=O) groups is 2. The van der Waals surface area contributed by atoms with Crippen molar-refractivity contribution >= 4 is 27.9 Å². The number of aryl methyl sites for hydroxylation is 1. The molecular weight excluding hydrogens is 386 g/mol. The summed E-state index contributed by atoms with van der Waals surface area (Å²) in [6.07, 6.45) is 0.